The number of rotatable bonds is 10. The van der Waals surface area contributed by atoms with Crippen LogP contribution in [0.25, 0.3) is 21.8 Å². The lowest BCUT2D eigenvalue weighted by molar-refractivity contribution is -0.121. The fourth-order valence-electron chi connectivity index (χ4n) is 3.18. The molecule has 0 radical (unpaired) electrons. The first kappa shape index (κ1) is 22.0. The number of benzene rings is 1. The van der Waals surface area contributed by atoms with Crippen molar-refractivity contribution in [2.45, 2.75) is 52.5 Å². The van der Waals surface area contributed by atoms with Crippen molar-refractivity contribution in [3.05, 3.63) is 53.7 Å². The minimum absolute atomic E-state index is 0.109. The Hall–Kier alpha value is -2.73. The van der Waals surface area contributed by atoms with Crippen LogP contribution in [0, 0.1) is 0 Å². The summed E-state index contributed by atoms with van der Waals surface area (Å²) >= 11 is 1.66. The van der Waals surface area contributed by atoms with Crippen LogP contribution in [0.1, 0.15) is 45.7 Å². The third kappa shape index (κ3) is 6.39. The Morgan fingerprint density at radius 2 is 1.93 bits per heavy atom. The van der Waals surface area contributed by atoms with Crippen molar-refractivity contribution in [2.24, 2.45) is 0 Å². The van der Waals surface area contributed by atoms with Gasteiger partial charge >= 0.3 is 0 Å². The first-order valence-corrected chi connectivity index (χ1v) is 11.5. The maximum absolute atomic E-state index is 11.7. The molecule has 5 nitrogen and oxygen atoms in total. The van der Waals surface area contributed by atoms with Crippen molar-refractivity contribution < 1.29 is 4.79 Å². The number of nitrogens with zero attached hydrogens (tertiary/aromatic N) is 2. The molecule has 0 spiro atoms. The van der Waals surface area contributed by atoms with E-state index in [1.807, 2.05) is 26.1 Å². The summed E-state index contributed by atoms with van der Waals surface area (Å²) < 4.78 is 0. The molecular weight excluding hydrogens is 392 g/mol. The lowest BCUT2D eigenvalue weighted by Gasteiger charge is -2.09. The molecule has 6 heteroatoms. The number of hydrogen-bond acceptors (Lipinski definition) is 5. The summed E-state index contributed by atoms with van der Waals surface area (Å²) in [4.78, 5) is 20.9. The van der Waals surface area contributed by atoms with Gasteiger partial charge in [0.25, 0.3) is 0 Å². The van der Waals surface area contributed by atoms with Crippen molar-refractivity contribution in [3.63, 3.8) is 0 Å². The van der Waals surface area contributed by atoms with E-state index in [0.29, 0.717) is 6.42 Å². The predicted octanol–water partition coefficient (Wildman–Crippen LogP) is 5.54. The lowest BCUT2D eigenvalue weighted by atomic mass is 10.1. The average molecular weight is 423 g/mol. The molecule has 0 aliphatic heterocycles. The van der Waals surface area contributed by atoms with E-state index in [1.165, 1.54) is 0 Å². The molecule has 3 aromatic rings. The summed E-state index contributed by atoms with van der Waals surface area (Å²) in [6.07, 6.45) is 5.30. The van der Waals surface area contributed by atoms with Gasteiger partial charge in [0.1, 0.15) is 5.01 Å². The second-order valence-corrected chi connectivity index (χ2v) is 8.51. The van der Waals surface area contributed by atoms with Crippen LogP contribution in [-0.4, -0.2) is 28.5 Å². The molecule has 30 heavy (non-hydrogen) atoms. The molecule has 0 fully saturated rings. The molecule has 2 heterocycles. The van der Waals surface area contributed by atoms with E-state index in [-0.39, 0.29) is 11.9 Å². The fraction of sp³-hybridized carbons (Fsp3) is 0.375. The van der Waals surface area contributed by atoms with Crippen LogP contribution in [0.2, 0.25) is 0 Å². The normalized spacial score (nSPS) is 10.9. The van der Waals surface area contributed by atoms with Gasteiger partial charge in [-0.2, -0.15) is 0 Å². The SMILES string of the molecule is CCCc1cc(-c2nc(-c3ccc(NCCCC(=O)NC(C)C)cc3)cs2)ccn1. The number of nitrogens with one attached hydrogen (secondary N) is 2. The number of aryl methyl sites for hydroxylation is 1. The van der Waals surface area contributed by atoms with E-state index in [1.54, 1.807) is 11.3 Å². The summed E-state index contributed by atoms with van der Waals surface area (Å²) in [5.41, 5.74) is 5.38. The van der Waals surface area contributed by atoms with E-state index in [0.717, 1.165) is 59.0 Å². The van der Waals surface area contributed by atoms with Gasteiger partial charge in [-0.3, -0.25) is 9.78 Å². The van der Waals surface area contributed by atoms with Crippen molar-refractivity contribution in [2.75, 3.05) is 11.9 Å². The molecule has 0 saturated carbocycles. The van der Waals surface area contributed by atoms with Crippen LogP contribution in [0.4, 0.5) is 5.69 Å². The van der Waals surface area contributed by atoms with Crippen LogP contribution in [0.15, 0.2) is 48.0 Å². The minimum Gasteiger partial charge on any atom is -0.385 e. The molecule has 0 bridgehead atoms. The van der Waals surface area contributed by atoms with Gasteiger partial charge in [0.2, 0.25) is 5.91 Å². The number of carbonyl (C=O) groups excluding carboxylic acids is 1. The second kappa shape index (κ2) is 10.9. The summed E-state index contributed by atoms with van der Waals surface area (Å²) in [7, 11) is 0. The summed E-state index contributed by atoms with van der Waals surface area (Å²) in [5.74, 6) is 0.109. The molecule has 2 N–H and O–H groups in total. The van der Waals surface area contributed by atoms with Crippen LogP contribution >= 0.6 is 11.3 Å². The highest BCUT2D eigenvalue weighted by molar-refractivity contribution is 7.13. The summed E-state index contributed by atoms with van der Waals surface area (Å²) in [6.45, 7) is 6.89. The molecular formula is C24H30N4OS. The lowest BCUT2D eigenvalue weighted by Crippen LogP contribution is -2.30. The number of aromatic nitrogens is 2. The number of anilines is 1. The van der Waals surface area contributed by atoms with E-state index in [2.05, 4.69) is 58.3 Å². The Balaban J connectivity index is 1.55. The van der Waals surface area contributed by atoms with Crippen molar-refractivity contribution >= 4 is 22.9 Å². The van der Waals surface area contributed by atoms with Crippen LogP contribution in [0.5, 0.6) is 0 Å². The monoisotopic (exact) mass is 422 g/mol. The summed E-state index contributed by atoms with van der Waals surface area (Å²) in [6, 6.07) is 12.7. The first-order valence-electron chi connectivity index (χ1n) is 10.6. The van der Waals surface area contributed by atoms with Crippen LogP contribution < -0.4 is 10.6 Å². The fourth-order valence-corrected chi connectivity index (χ4v) is 4.00. The first-order chi connectivity index (χ1) is 14.5. The number of amides is 1. The van der Waals surface area contributed by atoms with Gasteiger partial charge in [-0.15, -0.1) is 11.3 Å². The van der Waals surface area contributed by atoms with Gasteiger partial charge in [0.05, 0.1) is 5.69 Å². The number of hydrogen-bond donors (Lipinski definition) is 2. The van der Waals surface area contributed by atoms with Crippen molar-refractivity contribution in [1.82, 2.24) is 15.3 Å². The molecule has 0 unspecified atom stereocenters. The van der Waals surface area contributed by atoms with Gasteiger partial charge in [0, 0.05) is 53.1 Å². The van der Waals surface area contributed by atoms with Gasteiger partial charge in [-0.05, 0) is 51.0 Å². The van der Waals surface area contributed by atoms with Gasteiger partial charge in [0.15, 0.2) is 0 Å². The maximum Gasteiger partial charge on any atom is 0.220 e. The molecule has 1 amide bonds. The van der Waals surface area contributed by atoms with E-state index in [9.17, 15) is 4.79 Å². The smallest absolute Gasteiger partial charge is 0.220 e. The van der Waals surface area contributed by atoms with Gasteiger partial charge in [-0.1, -0.05) is 25.5 Å². The molecule has 0 aliphatic rings. The standard InChI is InChI=1S/C24H30N4OS/c1-4-6-21-15-19(12-14-26-21)24-28-22(16-30-24)18-8-10-20(11-9-18)25-13-5-7-23(29)27-17(2)3/h8-12,14-17,25H,4-7,13H2,1-3H3,(H,27,29). The number of thiazole rings is 1. The van der Waals surface area contributed by atoms with Crippen LogP contribution in [-0.2, 0) is 11.2 Å². The topological polar surface area (TPSA) is 66.9 Å². The van der Waals surface area contributed by atoms with Crippen LogP contribution in [0.3, 0.4) is 0 Å². The Bertz CT molecular complexity index is 950. The highest BCUT2D eigenvalue weighted by Gasteiger charge is 2.08. The minimum atomic E-state index is 0.109. The molecule has 0 saturated heterocycles. The zero-order valence-electron chi connectivity index (χ0n) is 17.9. The zero-order valence-corrected chi connectivity index (χ0v) is 18.8. The highest BCUT2D eigenvalue weighted by atomic mass is 32.1. The molecule has 1 aromatic carbocycles. The Labute approximate surface area is 183 Å². The number of pyridine rings is 1. The van der Waals surface area contributed by atoms with E-state index >= 15 is 0 Å². The molecule has 3 rings (SSSR count). The number of carbonyl (C=O) groups is 1. The third-order valence-corrected chi connectivity index (χ3v) is 5.51. The largest absolute Gasteiger partial charge is 0.385 e. The second-order valence-electron chi connectivity index (χ2n) is 7.65. The molecule has 0 aliphatic carbocycles. The predicted molar refractivity (Wildman–Crippen MR) is 126 cm³/mol. The van der Waals surface area contributed by atoms with Crippen molar-refractivity contribution in [3.8, 4) is 21.8 Å². The molecule has 2 aromatic heterocycles. The Kier molecular flexibility index (Phi) is 7.97. The quantitative estimate of drug-likeness (QED) is 0.421. The Morgan fingerprint density at radius 1 is 1.13 bits per heavy atom. The third-order valence-electron chi connectivity index (χ3n) is 4.61. The average Bonchev–Trinajstić information content (AvgIpc) is 3.22. The molecule has 0 atom stereocenters. The van der Waals surface area contributed by atoms with Crippen molar-refractivity contribution in [1.29, 1.82) is 0 Å². The van der Waals surface area contributed by atoms with E-state index in [4.69, 9.17) is 4.98 Å². The highest BCUT2D eigenvalue weighted by Crippen LogP contribution is 2.29. The van der Waals surface area contributed by atoms with Gasteiger partial charge < -0.3 is 10.6 Å². The molecule has 158 valence electrons. The van der Waals surface area contributed by atoms with E-state index < -0.39 is 0 Å². The van der Waals surface area contributed by atoms with Gasteiger partial charge in [-0.25, -0.2) is 4.98 Å². The summed E-state index contributed by atoms with van der Waals surface area (Å²) in [5, 5.41) is 9.41. The Morgan fingerprint density at radius 3 is 2.67 bits per heavy atom. The zero-order chi connectivity index (χ0) is 21.3. The maximum atomic E-state index is 11.7.